The maximum absolute atomic E-state index is 13.1. The van der Waals surface area contributed by atoms with Crippen molar-refractivity contribution in [3.63, 3.8) is 0 Å². The minimum Gasteiger partial charge on any atom is -0.462 e. The SMILES string of the molecule is CC/C=C/C=C/C=C\CCCCCCCC(=O)OC(CCCCCCCCCCC)CC(=O)NC(CO)C(O)CCCCCCCCCCCCCCC. The van der Waals surface area contributed by atoms with Crippen molar-refractivity contribution in [2.24, 2.45) is 0 Å². The highest BCUT2D eigenvalue weighted by Crippen LogP contribution is 2.18. The summed E-state index contributed by atoms with van der Waals surface area (Å²) in [6, 6.07) is -0.700. The van der Waals surface area contributed by atoms with Crippen molar-refractivity contribution >= 4 is 11.9 Å². The molecule has 0 heterocycles. The maximum atomic E-state index is 13.1. The Morgan fingerprint density at radius 2 is 1.00 bits per heavy atom. The van der Waals surface area contributed by atoms with Crippen LogP contribution >= 0.6 is 0 Å². The third kappa shape index (κ3) is 37.0. The molecule has 0 saturated heterocycles. The zero-order valence-corrected chi connectivity index (χ0v) is 35.9. The van der Waals surface area contributed by atoms with E-state index in [1.807, 2.05) is 0 Å². The highest BCUT2D eigenvalue weighted by molar-refractivity contribution is 5.77. The average Bonchev–Trinajstić information content (AvgIpc) is 3.16. The number of hydrogen-bond donors (Lipinski definition) is 3. The van der Waals surface area contributed by atoms with Crippen molar-refractivity contribution in [1.82, 2.24) is 5.32 Å². The van der Waals surface area contributed by atoms with Gasteiger partial charge in [0.15, 0.2) is 0 Å². The van der Waals surface area contributed by atoms with Crippen LogP contribution < -0.4 is 5.32 Å². The number of ether oxygens (including phenoxy) is 1. The van der Waals surface area contributed by atoms with E-state index in [2.05, 4.69) is 62.5 Å². The third-order valence-electron chi connectivity index (χ3n) is 10.5. The maximum Gasteiger partial charge on any atom is 0.306 e. The third-order valence-corrected chi connectivity index (χ3v) is 10.5. The lowest BCUT2D eigenvalue weighted by molar-refractivity contribution is -0.151. The van der Waals surface area contributed by atoms with Gasteiger partial charge in [0.25, 0.3) is 0 Å². The molecule has 6 nitrogen and oxygen atoms in total. The molecule has 3 N–H and O–H groups in total. The fraction of sp³-hybridized carbons (Fsp3) is 0.833. The summed E-state index contributed by atoms with van der Waals surface area (Å²) in [5.74, 6) is -0.495. The molecule has 0 fully saturated rings. The molecule has 0 aliphatic rings. The van der Waals surface area contributed by atoms with Crippen LogP contribution in [-0.4, -0.2) is 46.9 Å². The Labute approximate surface area is 334 Å². The second kappa shape index (κ2) is 42.2. The Morgan fingerprint density at radius 3 is 1.50 bits per heavy atom. The quantitative estimate of drug-likeness (QED) is 0.0328. The first-order chi connectivity index (χ1) is 26.5. The first-order valence-corrected chi connectivity index (χ1v) is 23.2. The number of nitrogens with one attached hydrogen (secondary N) is 1. The minimum atomic E-state index is -0.786. The molecule has 0 aromatic carbocycles. The molecule has 3 unspecified atom stereocenters. The Morgan fingerprint density at radius 1 is 0.556 bits per heavy atom. The lowest BCUT2D eigenvalue weighted by Gasteiger charge is -2.24. The molecule has 0 aliphatic heterocycles. The standard InChI is InChI=1S/C48H89NO5/c1-4-7-10-13-16-19-21-23-25-28-31-34-37-40-46(51)45(43-50)49-47(52)42-44(39-36-33-30-27-18-15-12-9-6-3)54-48(53)41-38-35-32-29-26-24-22-20-17-14-11-8-5-2/h8,11,14,17,20,22,44-46,50-51H,4-7,9-10,12-13,15-16,18-19,21,23-43H2,1-3H3,(H,49,52)/b11-8+,17-14+,22-20-. The average molecular weight is 760 g/mol. The van der Waals surface area contributed by atoms with Gasteiger partial charge in [-0.25, -0.2) is 0 Å². The number of esters is 1. The first-order valence-electron chi connectivity index (χ1n) is 23.2. The predicted molar refractivity (Wildman–Crippen MR) is 232 cm³/mol. The zero-order valence-electron chi connectivity index (χ0n) is 35.9. The molecule has 6 heteroatoms. The molecule has 0 aliphatic carbocycles. The van der Waals surface area contributed by atoms with Crippen molar-refractivity contribution < 1.29 is 24.5 Å². The number of carbonyl (C=O) groups is 2. The van der Waals surface area contributed by atoms with Crippen LogP contribution in [0.5, 0.6) is 0 Å². The van der Waals surface area contributed by atoms with Crippen LogP contribution in [-0.2, 0) is 14.3 Å². The van der Waals surface area contributed by atoms with Crippen molar-refractivity contribution in [2.45, 2.75) is 251 Å². The topological polar surface area (TPSA) is 95.9 Å². The molecular weight excluding hydrogens is 671 g/mol. The largest absolute Gasteiger partial charge is 0.462 e. The number of rotatable bonds is 41. The Hall–Kier alpha value is -1.92. The van der Waals surface area contributed by atoms with E-state index in [0.717, 1.165) is 70.6 Å². The number of hydrogen-bond acceptors (Lipinski definition) is 5. The Kier molecular flexibility index (Phi) is 40.7. The normalized spacial score (nSPS) is 13.6. The van der Waals surface area contributed by atoms with Gasteiger partial charge in [-0.3, -0.25) is 9.59 Å². The number of allylic oxidation sites excluding steroid dienone is 6. The summed E-state index contributed by atoms with van der Waals surface area (Å²) in [5.41, 5.74) is 0. The van der Waals surface area contributed by atoms with Gasteiger partial charge in [0.2, 0.25) is 5.91 Å². The van der Waals surface area contributed by atoms with Gasteiger partial charge >= 0.3 is 5.97 Å². The summed E-state index contributed by atoms with van der Waals surface area (Å²) < 4.78 is 5.88. The molecule has 316 valence electrons. The summed E-state index contributed by atoms with van der Waals surface area (Å²) in [5, 5.41) is 23.6. The molecule has 54 heavy (non-hydrogen) atoms. The van der Waals surface area contributed by atoms with Gasteiger partial charge in [-0.1, -0.05) is 211 Å². The molecule has 0 aromatic rings. The molecule has 0 spiro atoms. The van der Waals surface area contributed by atoms with Gasteiger partial charge in [-0.2, -0.15) is 0 Å². The highest BCUT2D eigenvalue weighted by Gasteiger charge is 2.24. The van der Waals surface area contributed by atoms with E-state index in [0.29, 0.717) is 19.3 Å². The first kappa shape index (κ1) is 52.1. The second-order valence-corrected chi connectivity index (χ2v) is 15.8. The highest BCUT2D eigenvalue weighted by atomic mass is 16.5. The predicted octanol–water partition coefficient (Wildman–Crippen LogP) is 13.3. The van der Waals surface area contributed by atoms with E-state index in [-0.39, 0.29) is 24.9 Å². The number of amides is 1. The van der Waals surface area contributed by atoms with Crippen LogP contribution in [0.25, 0.3) is 0 Å². The molecule has 0 rings (SSSR count). The van der Waals surface area contributed by atoms with Gasteiger partial charge in [0, 0.05) is 6.42 Å². The summed E-state index contributed by atoms with van der Waals surface area (Å²) in [7, 11) is 0. The Balaban J connectivity index is 4.53. The zero-order chi connectivity index (χ0) is 39.6. The summed E-state index contributed by atoms with van der Waals surface area (Å²) >= 11 is 0. The van der Waals surface area contributed by atoms with Crippen LogP contribution in [0, 0.1) is 0 Å². The van der Waals surface area contributed by atoms with E-state index in [1.165, 1.54) is 116 Å². The van der Waals surface area contributed by atoms with Gasteiger partial charge in [-0.15, -0.1) is 0 Å². The molecule has 0 bridgehead atoms. The lowest BCUT2D eigenvalue weighted by Crippen LogP contribution is -2.46. The summed E-state index contributed by atoms with van der Waals surface area (Å²) in [4.78, 5) is 25.9. The molecule has 3 atom stereocenters. The fourth-order valence-electron chi connectivity index (χ4n) is 7.02. The summed E-state index contributed by atoms with van der Waals surface area (Å²) in [6.45, 7) is 6.33. The van der Waals surface area contributed by atoms with E-state index in [9.17, 15) is 19.8 Å². The van der Waals surface area contributed by atoms with Gasteiger partial charge in [0.1, 0.15) is 6.10 Å². The van der Waals surface area contributed by atoms with Crippen LogP contribution in [0.2, 0.25) is 0 Å². The van der Waals surface area contributed by atoms with Crippen LogP contribution in [0.15, 0.2) is 36.5 Å². The van der Waals surface area contributed by atoms with E-state index < -0.39 is 18.2 Å². The van der Waals surface area contributed by atoms with E-state index in [1.54, 1.807) is 0 Å². The fourth-order valence-corrected chi connectivity index (χ4v) is 7.02. The van der Waals surface area contributed by atoms with Crippen molar-refractivity contribution in [2.75, 3.05) is 6.61 Å². The molecule has 0 saturated carbocycles. The van der Waals surface area contributed by atoms with Gasteiger partial charge in [-0.05, 0) is 44.9 Å². The van der Waals surface area contributed by atoms with Crippen molar-refractivity contribution in [3.8, 4) is 0 Å². The van der Waals surface area contributed by atoms with Crippen LogP contribution in [0.3, 0.4) is 0 Å². The van der Waals surface area contributed by atoms with Crippen molar-refractivity contribution in [3.05, 3.63) is 36.5 Å². The van der Waals surface area contributed by atoms with Gasteiger partial charge < -0.3 is 20.3 Å². The lowest BCUT2D eigenvalue weighted by atomic mass is 10.0. The molecule has 1 amide bonds. The number of aliphatic hydroxyl groups is 2. The Bertz CT molecular complexity index is 900. The van der Waals surface area contributed by atoms with Crippen LogP contribution in [0.4, 0.5) is 0 Å². The molecule has 0 aromatic heterocycles. The number of aliphatic hydroxyl groups excluding tert-OH is 2. The summed E-state index contributed by atoms with van der Waals surface area (Å²) in [6.07, 6.45) is 47.7. The van der Waals surface area contributed by atoms with Crippen molar-refractivity contribution in [1.29, 1.82) is 0 Å². The minimum absolute atomic E-state index is 0.0717. The second-order valence-electron chi connectivity index (χ2n) is 15.8. The monoisotopic (exact) mass is 760 g/mol. The van der Waals surface area contributed by atoms with E-state index >= 15 is 0 Å². The van der Waals surface area contributed by atoms with Gasteiger partial charge in [0.05, 0.1) is 25.2 Å². The smallest absolute Gasteiger partial charge is 0.306 e. The van der Waals surface area contributed by atoms with Crippen LogP contribution in [0.1, 0.15) is 233 Å². The van der Waals surface area contributed by atoms with E-state index in [4.69, 9.17) is 4.74 Å². The molecular formula is C48H89NO5. The number of unbranched alkanes of at least 4 members (excludes halogenated alkanes) is 25. The molecule has 0 radical (unpaired) electrons. The number of carbonyl (C=O) groups excluding carboxylic acids is 2.